The van der Waals surface area contributed by atoms with Gasteiger partial charge in [0.1, 0.15) is 10.6 Å². The summed E-state index contributed by atoms with van der Waals surface area (Å²) in [6, 6.07) is 10.1. The van der Waals surface area contributed by atoms with Crippen LogP contribution < -0.4 is 19.5 Å². The van der Waals surface area contributed by atoms with Gasteiger partial charge in [0.25, 0.3) is 0 Å². The number of methoxy groups -OCH3 is 3. The molecule has 1 aliphatic rings. The smallest absolute Gasteiger partial charge is 0.225 e. The zero-order valence-electron chi connectivity index (χ0n) is 18.1. The van der Waals surface area contributed by atoms with Crippen molar-refractivity contribution < 1.29 is 27.4 Å². The Balaban J connectivity index is 1.86. The number of anilines is 1. The fourth-order valence-corrected chi connectivity index (χ4v) is 6.72. The molecule has 0 spiro atoms. The van der Waals surface area contributed by atoms with Gasteiger partial charge in [0, 0.05) is 34.2 Å². The van der Waals surface area contributed by atoms with Crippen molar-refractivity contribution in [1.29, 1.82) is 0 Å². The molecule has 168 valence electrons. The first-order chi connectivity index (χ1) is 15.3. The van der Waals surface area contributed by atoms with E-state index in [4.69, 9.17) is 14.2 Å². The molecule has 0 bridgehead atoms. The summed E-state index contributed by atoms with van der Waals surface area (Å²) in [6.45, 7) is 1.89. The number of ether oxygens (including phenoxy) is 3. The molecule has 9 heteroatoms. The lowest BCUT2D eigenvalue weighted by molar-refractivity contribution is -0.116. The van der Waals surface area contributed by atoms with Gasteiger partial charge in [-0.15, -0.1) is 11.3 Å². The number of carbonyl (C=O) groups is 1. The Labute approximate surface area is 190 Å². The van der Waals surface area contributed by atoms with Gasteiger partial charge < -0.3 is 19.5 Å². The number of aryl methyl sites for hydroxylation is 1. The lowest BCUT2D eigenvalue weighted by Gasteiger charge is -2.26. The van der Waals surface area contributed by atoms with Crippen LogP contribution in [0.3, 0.4) is 0 Å². The van der Waals surface area contributed by atoms with E-state index in [-0.39, 0.29) is 28.0 Å². The molecule has 2 heterocycles. The van der Waals surface area contributed by atoms with Crippen molar-refractivity contribution in [2.75, 3.05) is 26.6 Å². The summed E-state index contributed by atoms with van der Waals surface area (Å²) in [6.07, 6.45) is 0.156. The molecule has 32 heavy (non-hydrogen) atoms. The molecular weight excluding hydrogens is 450 g/mol. The molecule has 2 aromatic carbocycles. The first kappa shape index (κ1) is 22.2. The summed E-state index contributed by atoms with van der Waals surface area (Å²) in [5.41, 5.74) is 2.02. The van der Waals surface area contributed by atoms with E-state index in [0.29, 0.717) is 22.9 Å². The zero-order valence-corrected chi connectivity index (χ0v) is 19.7. The standard InChI is InChI=1S/C23H23NO6S2/c1-13-5-7-14(8-6-13)32(26,27)20-12-31-23-16(10-21(25)24-22(20)23)15-9-18(29-3)19(30-4)11-17(15)28-2/h5-9,11-12,16H,10H2,1-4H3,(H,24,25). The molecule has 7 nitrogen and oxygen atoms in total. The molecule has 1 unspecified atom stereocenters. The van der Waals surface area contributed by atoms with Crippen LogP contribution in [-0.4, -0.2) is 35.7 Å². The Hall–Kier alpha value is -3.04. The normalized spacial score (nSPS) is 15.6. The van der Waals surface area contributed by atoms with Crippen molar-refractivity contribution >= 4 is 32.8 Å². The predicted octanol–water partition coefficient (Wildman–Crippen LogP) is 4.39. The maximum absolute atomic E-state index is 13.3. The number of nitrogens with one attached hydrogen (secondary N) is 1. The third-order valence-corrected chi connectivity index (χ3v) is 8.53. The fraction of sp³-hybridized carbons (Fsp3) is 0.261. The quantitative estimate of drug-likeness (QED) is 0.571. The minimum absolute atomic E-state index is 0.0962. The number of benzene rings is 2. The van der Waals surface area contributed by atoms with Crippen LogP contribution in [0.5, 0.6) is 17.2 Å². The third-order valence-electron chi connectivity index (χ3n) is 5.49. The Morgan fingerprint density at radius 1 is 0.969 bits per heavy atom. The Kier molecular flexibility index (Phi) is 5.87. The van der Waals surface area contributed by atoms with Gasteiger partial charge in [-0.05, 0) is 25.1 Å². The highest BCUT2D eigenvalue weighted by atomic mass is 32.2. The number of carbonyl (C=O) groups excluding carboxylic acids is 1. The summed E-state index contributed by atoms with van der Waals surface area (Å²) >= 11 is 1.30. The third kappa shape index (κ3) is 3.71. The van der Waals surface area contributed by atoms with Crippen LogP contribution >= 0.6 is 11.3 Å². The number of rotatable bonds is 6. The Bertz CT molecular complexity index is 1280. The molecule has 1 atom stereocenters. The highest BCUT2D eigenvalue weighted by Gasteiger charge is 2.36. The van der Waals surface area contributed by atoms with E-state index in [2.05, 4.69) is 5.32 Å². The second-order valence-electron chi connectivity index (χ2n) is 7.41. The topological polar surface area (TPSA) is 90.9 Å². The number of fused-ring (bicyclic) bond motifs is 1. The number of sulfone groups is 1. The van der Waals surface area contributed by atoms with Crippen molar-refractivity contribution in [3.63, 3.8) is 0 Å². The number of thiophene rings is 1. The average Bonchev–Trinajstić information content (AvgIpc) is 3.22. The van der Waals surface area contributed by atoms with Gasteiger partial charge in [0.15, 0.2) is 11.5 Å². The maximum Gasteiger partial charge on any atom is 0.225 e. The summed E-state index contributed by atoms with van der Waals surface area (Å²) in [5, 5.41) is 4.37. The zero-order chi connectivity index (χ0) is 23.0. The monoisotopic (exact) mass is 473 g/mol. The van der Waals surface area contributed by atoms with E-state index in [9.17, 15) is 13.2 Å². The summed E-state index contributed by atoms with van der Waals surface area (Å²) in [4.78, 5) is 13.7. The van der Waals surface area contributed by atoms with Crippen LogP contribution in [0, 0.1) is 6.92 Å². The summed E-state index contributed by atoms with van der Waals surface area (Å²) in [5.74, 6) is 0.880. The van der Waals surface area contributed by atoms with Gasteiger partial charge in [-0.3, -0.25) is 4.79 Å². The molecule has 0 saturated heterocycles. The molecule has 1 aliphatic heterocycles. The minimum Gasteiger partial charge on any atom is -0.496 e. The van der Waals surface area contributed by atoms with Crippen molar-refractivity contribution in [1.82, 2.24) is 0 Å². The molecule has 4 rings (SSSR count). The molecule has 0 aliphatic carbocycles. The van der Waals surface area contributed by atoms with E-state index in [1.54, 1.807) is 41.8 Å². The number of hydrogen-bond donors (Lipinski definition) is 1. The van der Waals surface area contributed by atoms with Crippen LogP contribution in [0.15, 0.2) is 51.6 Å². The molecule has 0 radical (unpaired) electrons. The van der Waals surface area contributed by atoms with E-state index in [1.165, 1.54) is 32.7 Å². The first-order valence-electron chi connectivity index (χ1n) is 9.83. The van der Waals surface area contributed by atoms with Crippen LogP contribution in [-0.2, 0) is 14.6 Å². The molecule has 0 fully saturated rings. The summed E-state index contributed by atoms with van der Waals surface area (Å²) < 4.78 is 43.0. The lowest BCUT2D eigenvalue weighted by Crippen LogP contribution is -2.23. The Morgan fingerprint density at radius 3 is 2.22 bits per heavy atom. The number of hydrogen-bond acceptors (Lipinski definition) is 7. The highest BCUT2D eigenvalue weighted by Crippen LogP contribution is 2.49. The van der Waals surface area contributed by atoms with Gasteiger partial charge in [-0.1, -0.05) is 17.7 Å². The van der Waals surface area contributed by atoms with E-state index >= 15 is 0 Å². The Morgan fingerprint density at radius 2 is 1.59 bits per heavy atom. The highest BCUT2D eigenvalue weighted by molar-refractivity contribution is 7.91. The number of amides is 1. The first-order valence-corrected chi connectivity index (χ1v) is 12.2. The predicted molar refractivity (Wildman–Crippen MR) is 122 cm³/mol. The van der Waals surface area contributed by atoms with Gasteiger partial charge in [-0.2, -0.15) is 0 Å². The van der Waals surface area contributed by atoms with E-state index in [1.807, 2.05) is 6.92 Å². The van der Waals surface area contributed by atoms with Gasteiger partial charge >= 0.3 is 0 Å². The minimum atomic E-state index is -3.80. The molecule has 1 aromatic heterocycles. The molecular formula is C23H23NO6S2. The maximum atomic E-state index is 13.3. The van der Waals surface area contributed by atoms with Gasteiger partial charge in [0.2, 0.25) is 15.7 Å². The van der Waals surface area contributed by atoms with Gasteiger partial charge in [-0.25, -0.2) is 8.42 Å². The van der Waals surface area contributed by atoms with Crippen molar-refractivity contribution in [2.24, 2.45) is 0 Å². The van der Waals surface area contributed by atoms with Crippen LogP contribution in [0.25, 0.3) is 0 Å². The van der Waals surface area contributed by atoms with Crippen molar-refractivity contribution in [3.8, 4) is 17.2 Å². The van der Waals surface area contributed by atoms with E-state index < -0.39 is 9.84 Å². The van der Waals surface area contributed by atoms with Crippen molar-refractivity contribution in [2.45, 2.75) is 29.1 Å². The lowest BCUT2D eigenvalue weighted by atomic mass is 9.89. The SMILES string of the molecule is COc1cc(OC)c(C2CC(=O)Nc3c(S(=O)(=O)c4ccc(C)cc4)csc32)cc1OC. The van der Waals surface area contributed by atoms with Crippen LogP contribution in [0.4, 0.5) is 5.69 Å². The fourth-order valence-electron chi connectivity index (χ4n) is 3.82. The second-order valence-corrected chi connectivity index (χ2v) is 10.2. The molecule has 0 saturated carbocycles. The largest absolute Gasteiger partial charge is 0.496 e. The molecule has 1 amide bonds. The van der Waals surface area contributed by atoms with Crippen LogP contribution in [0.2, 0.25) is 0 Å². The second kappa shape index (κ2) is 8.48. The summed E-state index contributed by atoms with van der Waals surface area (Å²) in [7, 11) is 0.800. The van der Waals surface area contributed by atoms with E-state index in [0.717, 1.165) is 16.0 Å². The molecule has 3 aromatic rings. The average molecular weight is 474 g/mol. The van der Waals surface area contributed by atoms with Gasteiger partial charge in [0.05, 0.1) is 31.9 Å². The van der Waals surface area contributed by atoms with Crippen LogP contribution in [0.1, 0.15) is 28.3 Å². The van der Waals surface area contributed by atoms with Crippen molar-refractivity contribution in [3.05, 3.63) is 57.8 Å². The molecule has 1 N–H and O–H groups in total.